The summed E-state index contributed by atoms with van der Waals surface area (Å²) >= 11 is 1.67. The average Bonchev–Trinajstić information content (AvgIpc) is 3.17. The Kier molecular flexibility index (Phi) is 5.55. The second-order valence-electron chi connectivity index (χ2n) is 7.88. The van der Waals surface area contributed by atoms with Gasteiger partial charge in [-0.3, -0.25) is 4.90 Å². The summed E-state index contributed by atoms with van der Waals surface area (Å²) in [5.74, 6) is 2.10. The SMILES string of the molecule is O=S1(=O)CCN(Cc2cc3nc(-c4cccc(O)c4)nc(N4CCOCC4)c3s2)CC1. The quantitative estimate of drug-likeness (QED) is 0.633. The first-order valence-electron chi connectivity index (χ1n) is 10.3. The van der Waals surface area contributed by atoms with Gasteiger partial charge in [-0.25, -0.2) is 18.4 Å². The molecule has 8 nitrogen and oxygen atoms in total. The minimum Gasteiger partial charge on any atom is -0.508 e. The number of ether oxygens (including phenoxy) is 1. The van der Waals surface area contributed by atoms with Crippen LogP contribution in [0.4, 0.5) is 5.82 Å². The van der Waals surface area contributed by atoms with Gasteiger partial charge >= 0.3 is 0 Å². The molecule has 2 saturated heterocycles. The predicted octanol–water partition coefficient (Wildman–Crippen LogP) is 2.13. The van der Waals surface area contributed by atoms with E-state index < -0.39 is 9.84 Å². The molecule has 0 radical (unpaired) electrons. The number of aromatic hydroxyl groups is 1. The number of hydrogen-bond donors (Lipinski definition) is 1. The summed E-state index contributed by atoms with van der Waals surface area (Å²) in [4.78, 5) is 15.2. The molecule has 2 aliphatic rings. The van der Waals surface area contributed by atoms with Crippen LogP contribution in [0.1, 0.15) is 4.88 Å². The zero-order valence-corrected chi connectivity index (χ0v) is 18.7. The molecule has 10 heteroatoms. The molecule has 3 aromatic rings. The van der Waals surface area contributed by atoms with E-state index >= 15 is 0 Å². The Morgan fingerprint density at radius 1 is 1.06 bits per heavy atom. The van der Waals surface area contributed by atoms with E-state index in [0.717, 1.165) is 39.6 Å². The smallest absolute Gasteiger partial charge is 0.162 e. The summed E-state index contributed by atoms with van der Waals surface area (Å²) in [5.41, 5.74) is 1.64. The van der Waals surface area contributed by atoms with Gasteiger partial charge in [0.15, 0.2) is 21.5 Å². The molecule has 0 unspecified atom stereocenters. The second-order valence-corrected chi connectivity index (χ2v) is 11.3. The standard InChI is InChI=1S/C21H24N4O4S2/c26-16-3-1-2-15(12-16)20-22-18-13-17(14-24-6-10-31(27,28)11-7-24)30-19(18)21(23-20)25-4-8-29-9-5-25/h1-3,12-13,26H,4-11,14H2. The molecule has 0 saturated carbocycles. The Hall–Kier alpha value is -2.27. The van der Waals surface area contributed by atoms with E-state index in [4.69, 9.17) is 14.7 Å². The maximum absolute atomic E-state index is 11.7. The lowest BCUT2D eigenvalue weighted by Crippen LogP contribution is -2.39. The number of thiophene rings is 1. The summed E-state index contributed by atoms with van der Waals surface area (Å²) in [6.45, 7) is 4.69. The fourth-order valence-corrected chi connectivity index (χ4v) is 6.37. The molecule has 2 fully saturated rings. The molecule has 2 aromatic heterocycles. The van der Waals surface area contributed by atoms with Crippen LogP contribution in [-0.4, -0.2) is 79.3 Å². The van der Waals surface area contributed by atoms with Crippen LogP contribution in [0.15, 0.2) is 30.3 Å². The number of hydrogen-bond acceptors (Lipinski definition) is 9. The number of rotatable bonds is 4. The normalized spacial score (nSPS) is 19.7. The van der Waals surface area contributed by atoms with Crippen LogP contribution in [0.5, 0.6) is 5.75 Å². The van der Waals surface area contributed by atoms with E-state index in [1.54, 1.807) is 29.5 Å². The molecule has 1 aromatic carbocycles. The summed E-state index contributed by atoms with van der Waals surface area (Å²) in [5, 5.41) is 9.90. The average molecular weight is 461 g/mol. The lowest BCUT2D eigenvalue weighted by Gasteiger charge is -2.28. The Morgan fingerprint density at radius 2 is 1.84 bits per heavy atom. The summed E-state index contributed by atoms with van der Waals surface area (Å²) in [6, 6.07) is 9.07. The van der Waals surface area contributed by atoms with E-state index in [9.17, 15) is 13.5 Å². The third-order valence-electron chi connectivity index (χ3n) is 5.64. The lowest BCUT2D eigenvalue weighted by atomic mass is 10.2. The first-order chi connectivity index (χ1) is 15.0. The molecular weight excluding hydrogens is 436 g/mol. The molecule has 0 bridgehead atoms. The minimum absolute atomic E-state index is 0.181. The zero-order valence-electron chi connectivity index (χ0n) is 17.0. The molecule has 0 amide bonds. The van der Waals surface area contributed by atoms with Crippen LogP contribution >= 0.6 is 11.3 Å². The van der Waals surface area contributed by atoms with Crippen molar-refractivity contribution in [1.82, 2.24) is 14.9 Å². The van der Waals surface area contributed by atoms with Crippen molar-refractivity contribution < 1.29 is 18.3 Å². The van der Waals surface area contributed by atoms with Crippen LogP contribution in [0.25, 0.3) is 21.6 Å². The molecule has 0 aliphatic carbocycles. The first-order valence-corrected chi connectivity index (χ1v) is 13.0. The van der Waals surface area contributed by atoms with E-state index in [1.807, 2.05) is 6.07 Å². The van der Waals surface area contributed by atoms with Crippen molar-refractivity contribution in [1.29, 1.82) is 0 Å². The number of benzene rings is 1. The second kappa shape index (κ2) is 8.34. The van der Waals surface area contributed by atoms with Crippen molar-refractivity contribution in [3.8, 4) is 17.1 Å². The summed E-state index contributed by atoms with van der Waals surface area (Å²) < 4.78 is 30.0. The van der Waals surface area contributed by atoms with E-state index in [1.165, 1.54) is 0 Å². The fourth-order valence-electron chi connectivity index (χ4n) is 3.93. The Labute approximate surface area is 185 Å². The van der Waals surface area contributed by atoms with Crippen molar-refractivity contribution in [2.24, 2.45) is 0 Å². The van der Waals surface area contributed by atoms with Gasteiger partial charge in [-0.15, -0.1) is 11.3 Å². The number of aromatic nitrogens is 2. The summed E-state index contributed by atoms with van der Waals surface area (Å²) in [7, 11) is -2.89. The molecular formula is C21H24N4O4S2. The lowest BCUT2D eigenvalue weighted by molar-refractivity contribution is 0.122. The van der Waals surface area contributed by atoms with Gasteiger partial charge in [0.05, 0.1) is 34.9 Å². The molecule has 2 aliphatic heterocycles. The number of sulfone groups is 1. The third-order valence-corrected chi connectivity index (χ3v) is 8.35. The zero-order chi connectivity index (χ0) is 21.4. The molecule has 5 rings (SSSR count). The van der Waals surface area contributed by atoms with Crippen LogP contribution in [-0.2, 0) is 21.1 Å². The van der Waals surface area contributed by atoms with Crippen LogP contribution in [0, 0.1) is 0 Å². The maximum atomic E-state index is 11.7. The highest BCUT2D eigenvalue weighted by Gasteiger charge is 2.24. The number of phenolic OH excluding ortho intramolecular Hbond substituents is 1. The highest BCUT2D eigenvalue weighted by molar-refractivity contribution is 7.91. The Bertz CT molecular complexity index is 1190. The Morgan fingerprint density at radius 3 is 2.58 bits per heavy atom. The van der Waals surface area contributed by atoms with Gasteiger partial charge in [-0.1, -0.05) is 12.1 Å². The van der Waals surface area contributed by atoms with Crippen molar-refractivity contribution in [2.45, 2.75) is 6.54 Å². The van der Waals surface area contributed by atoms with Gasteiger partial charge in [0, 0.05) is 43.2 Å². The number of fused-ring (bicyclic) bond motifs is 1. The monoisotopic (exact) mass is 460 g/mol. The Balaban J connectivity index is 1.52. The van der Waals surface area contributed by atoms with Crippen molar-refractivity contribution in [2.75, 3.05) is 55.8 Å². The van der Waals surface area contributed by atoms with Gasteiger partial charge in [-0.2, -0.15) is 0 Å². The van der Waals surface area contributed by atoms with Crippen molar-refractivity contribution >= 4 is 37.2 Å². The van der Waals surface area contributed by atoms with Gasteiger partial charge < -0.3 is 14.7 Å². The molecule has 1 N–H and O–H groups in total. The maximum Gasteiger partial charge on any atom is 0.162 e. The highest BCUT2D eigenvalue weighted by atomic mass is 32.2. The molecule has 0 atom stereocenters. The topological polar surface area (TPSA) is 95.9 Å². The highest BCUT2D eigenvalue weighted by Crippen LogP contribution is 2.35. The van der Waals surface area contributed by atoms with Crippen molar-refractivity contribution in [3.63, 3.8) is 0 Å². The van der Waals surface area contributed by atoms with Crippen LogP contribution < -0.4 is 4.90 Å². The minimum atomic E-state index is -2.89. The largest absolute Gasteiger partial charge is 0.508 e. The molecule has 4 heterocycles. The number of phenols is 1. The summed E-state index contributed by atoms with van der Waals surface area (Å²) in [6.07, 6.45) is 0. The van der Waals surface area contributed by atoms with Gasteiger partial charge in [0.2, 0.25) is 0 Å². The number of nitrogens with zero attached hydrogens (tertiary/aromatic N) is 4. The van der Waals surface area contributed by atoms with Gasteiger partial charge in [-0.05, 0) is 18.2 Å². The molecule has 0 spiro atoms. The van der Waals surface area contributed by atoms with Crippen LogP contribution in [0.3, 0.4) is 0 Å². The van der Waals surface area contributed by atoms with Gasteiger partial charge in [0.25, 0.3) is 0 Å². The number of morpholine rings is 1. The van der Waals surface area contributed by atoms with E-state index in [-0.39, 0.29) is 17.3 Å². The molecule has 164 valence electrons. The van der Waals surface area contributed by atoms with Crippen LogP contribution in [0.2, 0.25) is 0 Å². The first kappa shape index (κ1) is 20.6. The van der Waals surface area contributed by atoms with Crippen molar-refractivity contribution in [3.05, 3.63) is 35.2 Å². The predicted molar refractivity (Wildman–Crippen MR) is 121 cm³/mol. The third kappa shape index (κ3) is 4.52. The van der Waals surface area contributed by atoms with E-state index in [2.05, 4.69) is 15.9 Å². The molecule has 31 heavy (non-hydrogen) atoms. The number of anilines is 1. The van der Waals surface area contributed by atoms with E-state index in [0.29, 0.717) is 38.7 Å². The fraction of sp³-hybridized carbons (Fsp3) is 0.429. The van der Waals surface area contributed by atoms with Gasteiger partial charge in [0.1, 0.15) is 5.75 Å².